The van der Waals surface area contributed by atoms with Crippen LogP contribution in [0.25, 0.3) is 16.3 Å². The minimum absolute atomic E-state index is 0.278. The first kappa shape index (κ1) is 16.6. The lowest BCUT2D eigenvalue weighted by atomic mass is 10.2. The Balaban J connectivity index is 1.72. The third-order valence-electron chi connectivity index (χ3n) is 4.09. The van der Waals surface area contributed by atoms with Crippen LogP contribution in [0.3, 0.4) is 0 Å². The van der Waals surface area contributed by atoms with E-state index in [9.17, 15) is 4.79 Å². The van der Waals surface area contributed by atoms with Crippen molar-refractivity contribution >= 4 is 33.5 Å². The average Bonchev–Trinajstić information content (AvgIpc) is 3.01. The number of nitrogens with zero attached hydrogens (tertiary/aromatic N) is 2. The van der Waals surface area contributed by atoms with Gasteiger partial charge in [0.15, 0.2) is 16.3 Å². The number of carbonyl (C=O) groups is 1. The predicted molar refractivity (Wildman–Crippen MR) is 103 cm³/mol. The fraction of sp³-hybridized carbons (Fsp3) is 0.200. The molecule has 0 radical (unpaired) electrons. The number of ether oxygens (including phenoxy) is 2. The van der Waals surface area contributed by atoms with Crippen molar-refractivity contribution in [3.63, 3.8) is 0 Å². The van der Waals surface area contributed by atoms with Crippen LogP contribution >= 0.6 is 11.3 Å². The zero-order valence-electron chi connectivity index (χ0n) is 14.3. The molecule has 0 spiro atoms. The van der Waals surface area contributed by atoms with Crippen LogP contribution in [0.2, 0.25) is 0 Å². The number of hydrogen-bond donors (Lipinski definition) is 0. The summed E-state index contributed by atoms with van der Waals surface area (Å²) in [5.74, 6) is 1.21. The first-order valence-electron chi connectivity index (χ1n) is 8.49. The minimum atomic E-state index is -0.278. The highest BCUT2D eigenvalue weighted by atomic mass is 32.1. The van der Waals surface area contributed by atoms with E-state index in [1.807, 2.05) is 54.0 Å². The molecule has 1 aliphatic rings. The van der Waals surface area contributed by atoms with Crippen molar-refractivity contribution in [3.05, 3.63) is 58.9 Å². The quantitative estimate of drug-likeness (QED) is 0.665. The zero-order valence-corrected chi connectivity index (χ0v) is 15.2. The number of carbonyl (C=O) groups excluding carboxylic acids is 1. The van der Waals surface area contributed by atoms with Crippen LogP contribution in [0.1, 0.15) is 12.5 Å². The Bertz CT molecular complexity index is 1050. The third kappa shape index (κ3) is 3.28. The van der Waals surface area contributed by atoms with Crippen LogP contribution in [0.5, 0.6) is 11.5 Å². The van der Waals surface area contributed by atoms with Crippen LogP contribution in [0.15, 0.2) is 53.5 Å². The molecule has 0 unspecified atom stereocenters. The van der Waals surface area contributed by atoms with Crippen molar-refractivity contribution in [2.24, 2.45) is 4.99 Å². The van der Waals surface area contributed by atoms with Crippen LogP contribution in [0.4, 0.5) is 0 Å². The van der Waals surface area contributed by atoms with E-state index in [1.165, 1.54) is 17.4 Å². The van der Waals surface area contributed by atoms with Crippen LogP contribution in [-0.4, -0.2) is 23.7 Å². The Hall–Kier alpha value is -2.86. The Morgan fingerprint density at radius 2 is 1.92 bits per heavy atom. The van der Waals surface area contributed by atoms with Gasteiger partial charge in [-0.3, -0.25) is 4.79 Å². The first-order valence-corrected chi connectivity index (χ1v) is 9.31. The molecule has 0 N–H and O–H groups in total. The van der Waals surface area contributed by atoms with E-state index in [4.69, 9.17) is 9.47 Å². The highest BCUT2D eigenvalue weighted by Gasteiger charge is 2.16. The summed E-state index contributed by atoms with van der Waals surface area (Å²) < 4.78 is 14.4. The van der Waals surface area contributed by atoms with Gasteiger partial charge in [0.25, 0.3) is 5.91 Å². The van der Waals surface area contributed by atoms with Crippen LogP contribution < -0.4 is 14.3 Å². The molecule has 0 atom stereocenters. The molecule has 5 nitrogen and oxygen atoms in total. The monoisotopic (exact) mass is 366 g/mol. The molecular formula is C20H18N2O3S. The normalized spacial score (nSPS) is 14.3. The van der Waals surface area contributed by atoms with Gasteiger partial charge < -0.3 is 14.0 Å². The Morgan fingerprint density at radius 1 is 1.19 bits per heavy atom. The van der Waals surface area contributed by atoms with Crippen molar-refractivity contribution in [1.82, 2.24) is 4.57 Å². The molecule has 6 heteroatoms. The van der Waals surface area contributed by atoms with Gasteiger partial charge in [-0.15, -0.1) is 0 Å². The van der Waals surface area contributed by atoms with E-state index in [0.29, 0.717) is 24.6 Å². The molecule has 3 aromatic rings. The predicted octanol–water partition coefficient (Wildman–Crippen LogP) is 3.63. The first-order chi connectivity index (χ1) is 12.7. The smallest absolute Gasteiger partial charge is 0.272 e. The van der Waals surface area contributed by atoms with Crippen molar-refractivity contribution in [2.45, 2.75) is 13.5 Å². The summed E-state index contributed by atoms with van der Waals surface area (Å²) in [5.41, 5.74) is 1.97. The summed E-state index contributed by atoms with van der Waals surface area (Å²) in [7, 11) is 0. The van der Waals surface area contributed by atoms with Crippen molar-refractivity contribution in [2.75, 3.05) is 13.2 Å². The van der Waals surface area contributed by atoms with Crippen LogP contribution in [0, 0.1) is 0 Å². The number of hydrogen-bond acceptors (Lipinski definition) is 4. The molecule has 1 aromatic heterocycles. The Labute approximate surface area is 154 Å². The van der Waals surface area contributed by atoms with Gasteiger partial charge in [0, 0.05) is 24.8 Å². The molecule has 0 bridgehead atoms. The molecule has 0 saturated carbocycles. The molecular weight excluding hydrogens is 348 g/mol. The Kier molecular flexibility index (Phi) is 4.58. The largest absolute Gasteiger partial charge is 0.486 e. The molecule has 0 aliphatic carbocycles. The van der Waals surface area contributed by atoms with E-state index in [1.54, 1.807) is 6.08 Å². The molecule has 2 heterocycles. The fourth-order valence-corrected chi connectivity index (χ4v) is 3.97. The molecule has 1 amide bonds. The summed E-state index contributed by atoms with van der Waals surface area (Å²) in [4.78, 5) is 17.2. The number of thiazole rings is 1. The molecule has 1 aliphatic heterocycles. The second-order valence-corrected chi connectivity index (χ2v) is 6.80. The van der Waals surface area contributed by atoms with Gasteiger partial charge in [0.05, 0.1) is 10.2 Å². The SMILES string of the molecule is CCn1c(=NC(=O)/C=C/c2ccccc2)sc2cc3c(cc21)OCCO3. The second-order valence-electron chi connectivity index (χ2n) is 5.79. The highest BCUT2D eigenvalue weighted by Crippen LogP contribution is 2.35. The molecule has 0 fully saturated rings. The number of fused-ring (bicyclic) bond motifs is 2. The Morgan fingerprint density at radius 3 is 2.65 bits per heavy atom. The lowest BCUT2D eigenvalue weighted by molar-refractivity contribution is -0.113. The maximum absolute atomic E-state index is 12.3. The minimum Gasteiger partial charge on any atom is -0.486 e. The van der Waals surface area contributed by atoms with Gasteiger partial charge in [0.2, 0.25) is 0 Å². The van der Waals surface area contributed by atoms with Gasteiger partial charge in [-0.25, -0.2) is 0 Å². The van der Waals surface area contributed by atoms with E-state index in [0.717, 1.165) is 27.3 Å². The van der Waals surface area contributed by atoms with Gasteiger partial charge in [-0.05, 0) is 18.6 Å². The standard InChI is InChI=1S/C20H18N2O3S/c1-2-22-15-12-16-17(25-11-10-24-16)13-18(15)26-20(22)21-19(23)9-8-14-6-4-3-5-7-14/h3-9,12-13H,2,10-11H2,1H3/b9-8+,21-20?. The van der Waals surface area contributed by atoms with Crippen molar-refractivity contribution in [3.8, 4) is 11.5 Å². The van der Waals surface area contributed by atoms with Crippen molar-refractivity contribution < 1.29 is 14.3 Å². The number of amides is 1. The zero-order chi connectivity index (χ0) is 17.9. The maximum Gasteiger partial charge on any atom is 0.272 e. The summed E-state index contributed by atoms with van der Waals surface area (Å²) in [5, 5.41) is 0. The van der Waals surface area contributed by atoms with Gasteiger partial charge in [-0.1, -0.05) is 41.7 Å². The summed E-state index contributed by atoms with van der Waals surface area (Å²) in [6.45, 7) is 3.85. The maximum atomic E-state index is 12.3. The molecule has 132 valence electrons. The van der Waals surface area contributed by atoms with Crippen LogP contribution in [-0.2, 0) is 11.3 Å². The second kappa shape index (κ2) is 7.17. The van der Waals surface area contributed by atoms with Gasteiger partial charge >= 0.3 is 0 Å². The summed E-state index contributed by atoms with van der Waals surface area (Å²) >= 11 is 1.48. The average molecular weight is 366 g/mol. The number of aromatic nitrogens is 1. The van der Waals surface area contributed by atoms with E-state index in [-0.39, 0.29) is 5.91 Å². The van der Waals surface area contributed by atoms with Gasteiger partial charge in [0.1, 0.15) is 13.2 Å². The topological polar surface area (TPSA) is 52.8 Å². The number of aryl methyl sites for hydroxylation is 1. The van der Waals surface area contributed by atoms with Crippen molar-refractivity contribution in [1.29, 1.82) is 0 Å². The highest BCUT2D eigenvalue weighted by molar-refractivity contribution is 7.16. The number of benzene rings is 2. The van der Waals surface area contributed by atoms with E-state index < -0.39 is 0 Å². The molecule has 0 saturated heterocycles. The molecule has 4 rings (SSSR count). The van der Waals surface area contributed by atoms with E-state index >= 15 is 0 Å². The summed E-state index contributed by atoms with van der Waals surface area (Å²) in [6.07, 6.45) is 3.27. The summed E-state index contributed by atoms with van der Waals surface area (Å²) in [6, 6.07) is 13.6. The van der Waals surface area contributed by atoms with E-state index in [2.05, 4.69) is 4.99 Å². The lowest BCUT2D eigenvalue weighted by Gasteiger charge is -2.18. The van der Waals surface area contributed by atoms with Gasteiger partial charge in [-0.2, -0.15) is 4.99 Å². The number of rotatable bonds is 3. The lowest BCUT2D eigenvalue weighted by Crippen LogP contribution is -2.16. The third-order valence-corrected chi connectivity index (χ3v) is 5.13. The fourth-order valence-electron chi connectivity index (χ4n) is 2.86. The molecule has 2 aromatic carbocycles. The molecule has 26 heavy (non-hydrogen) atoms.